The summed E-state index contributed by atoms with van der Waals surface area (Å²) in [4.78, 5) is 18.8. The number of hydrogen-bond acceptors (Lipinski definition) is 8. The number of aromatic nitrogens is 3. The highest BCUT2D eigenvalue weighted by Gasteiger charge is 2.37. The summed E-state index contributed by atoms with van der Waals surface area (Å²) in [5, 5.41) is 9.49. The Balaban J connectivity index is 1.36. The van der Waals surface area contributed by atoms with Crippen molar-refractivity contribution in [1.29, 1.82) is 0 Å². The van der Waals surface area contributed by atoms with Crippen LogP contribution >= 0.6 is 55.2 Å². The van der Waals surface area contributed by atoms with E-state index >= 15 is 0 Å². The van der Waals surface area contributed by atoms with Crippen LogP contribution in [-0.4, -0.2) is 33.4 Å². The Hall–Kier alpha value is -2.99. The van der Waals surface area contributed by atoms with Crippen molar-refractivity contribution in [3.05, 3.63) is 103 Å². The summed E-state index contributed by atoms with van der Waals surface area (Å²) in [5.74, 6) is 1.90. The predicted molar refractivity (Wildman–Crippen MR) is 192 cm³/mol. The lowest BCUT2D eigenvalue weighted by Crippen LogP contribution is -2.32. The molecule has 1 N–H and O–H groups in total. The molecule has 2 heterocycles. The van der Waals surface area contributed by atoms with Crippen LogP contribution in [0.25, 0.3) is 0 Å². The number of thioether (sulfide) groups is 1. The van der Waals surface area contributed by atoms with Crippen LogP contribution in [0.3, 0.4) is 0 Å². The van der Waals surface area contributed by atoms with Gasteiger partial charge in [0.15, 0.2) is 11.5 Å². The average Bonchev–Trinajstić information content (AvgIpc) is 3.46. The lowest BCUT2D eigenvalue weighted by atomic mass is 9.94. The molecule has 1 fully saturated rings. The van der Waals surface area contributed by atoms with Crippen molar-refractivity contribution in [2.24, 2.45) is 0 Å². The summed E-state index contributed by atoms with van der Waals surface area (Å²) < 4.78 is 22.0. The fourth-order valence-corrected chi connectivity index (χ4v) is 7.99. The molecule has 4 aromatic rings. The lowest BCUT2D eigenvalue weighted by molar-refractivity contribution is -0.146. The first-order valence-electron chi connectivity index (χ1n) is 15.7. The first kappa shape index (κ1) is 33.9. The van der Waals surface area contributed by atoms with Crippen molar-refractivity contribution in [2.45, 2.75) is 75.6 Å². The van der Waals surface area contributed by atoms with Crippen LogP contribution in [0.1, 0.15) is 68.7 Å². The van der Waals surface area contributed by atoms with Crippen LogP contribution in [0.5, 0.6) is 11.5 Å². The van der Waals surface area contributed by atoms with Crippen molar-refractivity contribution in [3.63, 3.8) is 0 Å². The van der Waals surface area contributed by atoms with Crippen LogP contribution in [0, 0.1) is 0 Å². The zero-order valence-electron chi connectivity index (χ0n) is 26.1. The number of benzene rings is 3. The van der Waals surface area contributed by atoms with E-state index in [1.807, 2.05) is 74.5 Å². The number of nitrogens with zero attached hydrogens (tertiary/aromatic N) is 3. The van der Waals surface area contributed by atoms with E-state index in [0.717, 1.165) is 46.8 Å². The second-order valence-electron chi connectivity index (χ2n) is 11.5. The third-order valence-electron chi connectivity index (χ3n) is 8.11. The number of fused-ring (bicyclic) bond motifs is 1. The molecule has 246 valence electrons. The first-order valence-corrected chi connectivity index (χ1v) is 18.6. The smallest absolute Gasteiger partial charge is 0.338 e. The van der Waals surface area contributed by atoms with Crippen molar-refractivity contribution in [3.8, 4) is 11.5 Å². The minimum atomic E-state index is -0.626. The molecule has 1 aromatic heterocycles. The highest BCUT2D eigenvalue weighted by molar-refractivity contribution is 9.10. The van der Waals surface area contributed by atoms with Gasteiger partial charge in [0.1, 0.15) is 18.8 Å². The Kier molecular flexibility index (Phi) is 11.2. The standard InChI is InChI=1S/C35H35Br2ClN4O4S/c1-3-44-29-18-24(17-27(37)32(29)45-19-22-10-9-12-25(36)16-22)31-30(33(43)46-26-13-5-4-6-14-26)21(2)39-34-40-35(41-42(31)34)47-20-23-11-7-8-15-28(23)38/h7-12,15-18,26,31H,3-6,13-14,19-20H2,1-2H3,(H,39,40,41). The molecular formula is C35H35Br2ClN4O4S. The molecule has 0 bridgehead atoms. The number of anilines is 1. The van der Waals surface area contributed by atoms with Gasteiger partial charge in [-0.1, -0.05) is 76.0 Å². The number of carbonyl (C=O) groups excluding carboxylic acids is 1. The molecule has 8 nitrogen and oxygen atoms in total. The van der Waals surface area contributed by atoms with E-state index in [1.165, 1.54) is 18.2 Å². The van der Waals surface area contributed by atoms with Crippen LogP contribution in [0.4, 0.5) is 5.95 Å². The third-order valence-corrected chi connectivity index (χ3v) is 10.5. The number of allylic oxidation sites excluding steroid dienone is 1. The number of carbonyl (C=O) groups is 1. The molecule has 47 heavy (non-hydrogen) atoms. The van der Waals surface area contributed by atoms with Gasteiger partial charge in [-0.15, -0.1) is 5.10 Å². The Morgan fingerprint density at radius 3 is 2.64 bits per heavy atom. The van der Waals surface area contributed by atoms with Crippen LogP contribution in [0.15, 0.2) is 86.0 Å². The largest absolute Gasteiger partial charge is 0.490 e. The molecule has 1 saturated carbocycles. The fraction of sp³-hybridized carbons (Fsp3) is 0.343. The highest BCUT2D eigenvalue weighted by atomic mass is 79.9. The zero-order chi connectivity index (χ0) is 32.9. The van der Waals surface area contributed by atoms with Gasteiger partial charge in [0.2, 0.25) is 11.1 Å². The fourth-order valence-electron chi connectivity index (χ4n) is 5.85. The van der Waals surface area contributed by atoms with E-state index in [-0.39, 0.29) is 12.1 Å². The maximum absolute atomic E-state index is 14.0. The number of rotatable bonds is 11. The average molecular weight is 803 g/mol. The van der Waals surface area contributed by atoms with Gasteiger partial charge < -0.3 is 19.5 Å². The second kappa shape index (κ2) is 15.5. The summed E-state index contributed by atoms with van der Waals surface area (Å²) in [7, 11) is 0. The van der Waals surface area contributed by atoms with Gasteiger partial charge in [-0.3, -0.25) is 0 Å². The SMILES string of the molecule is CCOc1cc(C2C(C(=O)OC3CCCCC3)=C(C)Nc3nc(SCc4ccccc4Cl)nn32)cc(Br)c1OCc1cccc(Br)c1. The Morgan fingerprint density at radius 2 is 1.87 bits per heavy atom. The number of ether oxygens (including phenoxy) is 3. The Labute approximate surface area is 300 Å². The molecule has 3 aromatic carbocycles. The molecule has 0 amide bonds. The molecule has 1 aliphatic carbocycles. The van der Waals surface area contributed by atoms with E-state index in [4.69, 9.17) is 35.9 Å². The number of nitrogens with one attached hydrogen (secondary N) is 1. The molecular weight excluding hydrogens is 768 g/mol. The molecule has 2 aliphatic rings. The van der Waals surface area contributed by atoms with Gasteiger partial charge in [-0.2, -0.15) is 4.98 Å². The highest BCUT2D eigenvalue weighted by Crippen LogP contribution is 2.44. The topological polar surface area (TPSA) is 87.5 Å². The maximum atomic E-state index is 14.0. The van der Waals surface area contributed by atoms with E-state index in [0.29, 0.717) is 62.3 Å². The number of esters is 1. The summed E-state index contributed by atoms with van der Waals surface area (Å²) in [5.41, 5.74) is 3.93. The first-order chi connectivity index (χ1) is 22.8. The van der Waals surface area contributed by atoms with Crippen LogP contribution in [0.2, 0.25) is 5.02 Å². The van der Waals surface area contributed by atoms with E-state index in [2.05, 4.69) is 37.2 Å². The van der Waals surface area contributed by atoms with Crippen molar-refractivity contribution in [1.82, 2.24) is 14.8 Å². The monoisotopic (exact) mass is 800 g/mol. The van der Waals surface area contributed by atoms with Gasteiger partial charge in [-0.25, -0.2) is 9.48 Å². The third kappa shape index (κ3) is 8.01. The normalized spacial score (nSPS) is 16.4. The molecule has 6 rings (SSSR count). The van der Waals surface area contributed by atoms with Gasteiger partial charge >= 0.3 is 5.97 Å². The summed E-state index contributed by atoms with van der Waals surface area (Å²) in [6.07, 6.45) is 4.93. The molecule has 1 unspecified atom stereocenters. The summed E-state index contributed by atoms with van der Waals surface area (Å²) >= 11 is 15.2. The molecule has 0 saturated heterocycles. The quantitative estimate of drug-likeness (QED) is 0.119. The summed E-state index contributed by atoms with van der Waals surface area (Å²) in [6.45, 7) is 4.59. The number of halogens is 3. The van der Waals surface area contributed by atoms with Crippen LogP contribution in [-0.2, 0) is 21.9 Å². The van der Waals surface area contributed by atoms with Gasteiger partial charge in [-0.05, 0) is 102 Å². The summed E-state index contributed by atoms with van der Waals surface area (Å²) in [6, 6.07) is 19.0. The minimum absolute atomic E-state index is 0.101. The number of hydrogen-bond donors (Lipinski definition) is 1. The minimum Gasteiger partial charge on any atom is -0.490 e. The van der Waals surface area contributed by atoms with E-state index < -0.39 is 6.04 Å². The van der Waals surface area contributed by atoms with Gasteiger partial charge in [0, 0.05) is 20.9 Å². The Bertz CT molecular complexity index is 1790. The molecule has 1 aliphatic heterocycles. The van der Waals surface area contributed by atoms with Crippen molar-refractivity contribution in [2.75, 3.05) is 11.9 Å². The molecule has 12 heteroatoms. The van der Waals surface area contributed by atoms with Crippen molar-refractivity contribution < 1.29 is 19.0 Å². The predicted octanol–water partition coefficient (Wildman–Crippen LogP) is 9.89. The zero-order valence-corrected chi connectivity index (χ0v) is 30.8. The molecule has 1 atom stereocenters. The van der Waals surface area contributed by atoms with E-state index in [1.54, 1.807) is 4.68 Å². The maximum Gasteiger partial charge on any atom is 0.338 e. The lowest BCUT2D eigenvalue weighted by Gasteiger charge is -2.30. The second-order valence-corrected chi connectivity index (χ2v) is 14.6. The van der Waals surface area contributed by atoms with Crippen molar-refractivity contribution >= 4 is 67.1 Å². The Morgan fingerprint density at radius 1 is 1.06 bits per heavy atom. The van der Waals surface area contributed by atoms with E-state index in [9.17, 15) is 4.79 Å². The van der Waals surface area contributed by atoms with Gasteiger partial charge in [0.25, 0.3) is 0 Å². The molecule has 0 radical (unpaired) electrons. The molecule has 0 spiro atoms. The van der Waals surface area contributed by atoms with Gasteiger partial charge in [0.05, 0.1) is 16.7 Å². The van der Waals surface area contributed by atoms with Crippen LogP contribution < -0.4 is 14.8 Å².